The summed E-state index contributed by atoms with van der Waals surface area (Å²) in [5.41, 5.74) is 2.69. The Morgan fingerprint density at radius 2 is 1.80 bits per heavy atom. The fraction of sp³-hybridized carbons (Fsp3) is 0.130. The largest absolute Gasteiger partial charge is 0.493 e. The van der Waals surface area contributed by atoms with Gasteiger partial charge in [0.15, 0.2) is 17.2 Å². The summed E-state index contributed by atoms with van der Waals surface area (Å²) < 4.78 is 16.5. The van der Waals surface area contributed by atoms with Gasteiger partial charge in [-0.25, -0.2) is 0 Å². The van der Waals surface area contributed by atoms with E-state index in [1.807, 2.05) is 25.1 Å². The third kappa shape index (κ3) is 3.53. The number of amides is 2. The number of anilines is 2. The van der Waals surface area contributed by atoms with E-state index in [-0.39, 0.29) is 11.8 Å². The Morgan fingerprint density at radius 3 is 2.57 bits per heavy atom. The zero-order chi connectivity index (χ0) is 21.3. The first-order chi connectivity index (χ1) is 14.5. The zero-order valence-corrected chi connectivity index (χ0v) is 16.7. The van der Waals surface area contributed by atoms with Crippen LogP contribution in [0.25, 0.3) is 0 Å². The monoisotopic (exact) mass is 404 g/mol. The maximum Gasteiger partial charge on any atom is 0.259 e. The molecule has 1 aliphatic rings. The molecule has 0 saturated carbocycles. The van der Waals surface area contributed by atoms with E-state index in [2.05, 4.69) is 10.6 Å². The Morgan fingerprint density at radius 1 is 1.00 bits per heavy atom. The third-order valence-electron chi connectivity index (χ3n) is 4.73. The normalized spacial score (nSPS) is 11.9. The van der Waals surface area contributed by atoms with Crippen molar-refractivity contribution in [3.8, 4) is 23.0 Å². The highest BCUT2D eigenvalue weighted by Crippen LogP contribution is 2.37. The molecule has 0 saturated heterocycles. The van der Waals surface area contributed by atoms with Gasteiger partial charge in [0, 0.05) is 5.69 Å². The molecule has 0 radical (unpaired) electrons. The quantitative estimate of drug-likeness (QED) is 0.663. The van der Waals surface area contributed by atoms with Crippen molar-refractivity contribution in [1.82, 2.24) is 0 Å². The lowest BCUT2D eigenvalue weighted by molar-refractivity contribution is 0.101. The van der Waals surface area contributed by atoms with Crippen LogP contribution in [0.3, 0.4) is 0 Å². The Bertz CT molecular complexity index is 1160. The Hall–Kier alpha value is -4.00. The predicted octanol–water partition coefficient (Wildman–Crippen LogP) is 4.62. The molecule has 0 aromatic heterocycles. The average Bonchev–Trinajstić information content (AvgIpc) is 2.88. The first-order valence-electron chi connectivity index (χ1n) is 9.26. The first kappa shape index (κ1) is 19.3. The minimum atomic E-state index is -0.389. The van der Waals surface area contributed by atoms with Crippen LogP contribution in [0.15, 0.2) is 54.6 Å². The number of hydrogen-bond donors (Lipinski definition) is 2. The van der Waals surface area contributed by atoms with Crippen molar-refractivity contribution < 1.29 is 23.8 Å². The van der Waals surface area contributed by atoms with Gasteiger partial charge in [0.1, 0.15) is 5.75 Å². The average molecular weight is 404 g/mol. The summed E-state index contributed by atoms with van der Waals surface area (Å²) in [6.45, 7) is 1.94. The lowest BCUT2D eigenvalue weighted by Gasteiger charge is -2.13. The molecule has 0 fully saturated rings. The number of carbonyl (C=O) groups excluding carboxylic acids is 2. The molecule has 2 amide bonds. The highest BCUT2D eigenvalue weighted by atomic mass is 16.5. The Balaban J connectivity index is 1.63. The Kier molecular flexibility index (Phi) is 5.02. The second kappa shape index (κ2) is 7.79. The molecule has 0 bridgehead atoms. The van der Waals surface area contributed by atoms with Crippen molar-refractivity contribution in [3.63, 3.8) is 0 Å². The molecule has 1 heterocycles. The van der Waals surface area contributed by atoms with E-state index in [4.69, 9.17) is 14.2 Å². The molecule has 0 aliphatic carbocycles. The topological polar surface area (TPSA) is 85.9 Å². The van der Waals surface area contributed by atoms with Crippen LogP contribution in [-0.2, 0) is 0 Å². The van der Waals surface area contributed by atoms with E-state index >= 15 is 0 Å². The van der Waals surface area contributed by atoms with Crippen LogP contribution in [0, 0.1) is 6.92 Å². The van der Waals surface area contributed by atoms with Gasteiger partial charge in [0.25, 0.3) is 11.8 Å². The van der Waals surface area contributed by atoms with E-state index in [0.29, 0.717) is 45.5 Å². The summed E-state index contributed by atoms with van der Waals surface area (Å²) in [5, 5.41) is 5.65. The maximum absolute atomic E-state index is 12.8. The van der Waals surface area contributed by atoms with Crippen LogP contribution in [0.1, 0.15) is 26.3 Å². The number of fused-ring (bicyclic) bond motifs is 2. The number of hydrogen-bond acceptors (Lipinski definition) is 5. The van der Waals surface area contributed by atoms with Gasteiger partial charge in [-0.3, -0.25) is 9.59 Å². The van der Waals surface area contributed by atoms with Crippen LogP contribution >= 0.6 is 0 Å². The zero-order valence-electron chi connectivity index (χ0n) is 16.7. The maximum atomic E-state index is 12.8. The molecule has 152 valence electrons. The highest BCUT2D eigenvalue weighted by molar-refractivity contribution is 6.10. The number of aryl methyl sites for hydroxylation is 1. The summed E-state index contributed by atoms with van der Waals surface area (Å²) >= 11 is 0. The van der Waals surface area contributed by atoms with Crippen LogP contribution in [-0.4, -0.2) is 26.0 Å². The smallest absolute Gasteiger partial charge is 0.259 e. The van der Waals surface area contributed by atoms with Gasteiger partial charge in [0.2, 0.25) is 0 Å². The summed E-state index contributed by atoms with van der Waals surface area (Å²) in [4.78, 5) is 25.5. The standard InChI is InChI=1S/C23H20N2O5/c1-13-7-9-19-17(11-13)25-23(27)16-12-14(8-10-18(16)30-19)24-22(26)15-5-4-6-20(28-2)21(15)29-3/h4-12H,1-3H3,(H,24,26)(H,25,27). The van der Waals surface area contributed by atoms with Crippen LogP contribution in [0.4, 0.5) is 11.4 Å². The van der Waals surface area contributed by atoms with Crippen molar-refractivity contribution in [2.75, 3.05) is 24.9 Å². The van der Waals surface area contributed by atoms with Crippen molar-refractivity contribution in [2.45, 2.75) is 6.92 Å². The molecule has 7 heteroatoms. The van der Waals surface area contributed by atoms with Gasteiger partial charge >= 0.3 is 0 Å². The van der Waals surface area contributed by atoms with Crippen molar-refractivity contribution in [2.24, 2.45) is 0 Å². The summed E-state index contributed by atoms with van der Waals surface area (Å²) in [6.07, 6.45) is 0. The summed E-state index contributed by atoms with van der Waals surface area (Å²) in [5.74, 6) is 1.05. The number of carbonyl (C=O) groups is 2. The van der Waals surface area contributed by atoms with Crippen LogP contribution < -0.4 is 24.8 Å². The fourth-order valence-corrected chi connectivity index (χ4v) is 3.28. The summed E-state index contributed by atoms with van der Waals surface area (Å²) in [6, 6.07) is 15.5. The SMILES string of the molecule is COc1cccc(C(=O)Nc2ccc3c(c2)C(=O)Nc2cc(C)ccc2O3)c1OC. The number of nitrogens with one attached hydrogen (secondary N) is 2. The Labute approximate surface area is 173 Å². The second-order valence-corrected chi connectivity index (χ2v) is 6.76. The molecule has 2 N–H and O–H groups in total. The van der Waals surface area contributed by atoms with Crippen molar-refractivity contribution >= 4 is 23.2 Å². The lowest BCUT2D eigenvalue weighted by atomic mass is 10.1. The first-order valence-corrected chi connectivity index (χ1v) is 9.26. The summed E-state index contributed by atoms with van der Waals surface area (Å²) in [7, 11) is 2.97. The van der Waals surface area contributed by atoms with Crippen molar-refractivity contribution in [3.05, 3.63) is 71.3 Å². The molecule has 3 aromatic carbocycles. The molecule has 3 aromatic rings. The van der Waals surface area contributed by atoms with Gasteiger partial charge in [-0.05, 0) is 55.0 Å². The van der Waals surface area contributed by atoms with Gasteiger partial charge < -0.3 is 24.8 Å². The highest BCUT2D eigenvalue weighted by Gasteiger charge is 2.22. The number of rotatable bonds is 4. The molecule has 7 nitrogen and oxygen atoms in total. The van der Waals surface area contributed by atoms with E-state index in [1.165, 1.54) is 14.2 Å². The second-order valence-electron chi connectivity index (χ2n) is 6.76. The van der Waals surface area contributed by atoms with Gasteiger partial charge in [-0.2, -0.15) is 0 Å². The van der Waals surface area contributed by atoms with Crippen LogP contribution in [0.2, 0.25) is 0 Å². The lowest BCUT2D eigenvalue weighted by Crippen LogP contribution is -2.15. The minimum Gasteiger partial charge on any atom is -0.493 e. The predicted molar refractivity (Wildman–Crippen MR) is 113 cm³/mol. The third-order valence-corrected chi connectivity index (χ3v) is 4.73. The van der Waals surface area contributed by atoms with E-state index in [0.717, 1.165) is 5.56 Å². The van der Waals surface area contributed by atoms with E-state index in [1.54, 1.807) is 36.4 Å². The van der Waals surface area contributed by atoms with E-state index < -0.39 is 0 Å². The molecular formula is C23H20N2O5. The molecule has 0 unspecified atom stereocenters. The molecule has 0 spiro atoms. The van der Waals surface area contributed by atoms with Crippen molar-refractivity contribution in [1.29, 1.82) is 0 Å². The number of ether oxygens (including phenoxy) is 3. The molecule has 0 atom stereocenters. The number of methoxy groups -OCH3 is 2. The fourth-order valence-electron chi connectivity index (χ4n) is 3.28. The van der Waals surface area contributed by atoms with Gasteiger partial charge in [-0.15, -0.1) is 0 Å². The number of benzene rings is 3. The molecule has 30 heavy (non-hydrogen) atoms. The van der Waals surface area contributed by atoms with Gasteiger partial charge in [-0.1, -0.05) is 12.1 Å². The van der Waals surface area contributed by atoms with Gasteiger partial charge in [0.05, 0.1) is 31.0 Å². The minimum absolute atomic E-state index is 0.315. The molecule has 4 rings (SSSR count). The van der Waals surface area contributed by atoms with E-state index in [9.17, 15) is 9.59 Å². The number of para-hydroxylation sites is 1. The molecule has 1 aliphatic heterocycles. The molecular weight excluding hydrogens is 384 g/mol. The van der Waals surface area contributed by atoms with Crippen LogP contribution in [0.5, 0.6) is 23.0 Å².